The van der Waals surface area contributed by atoms with Gasteiger partial charge in [-0.2, -0.15) is 0 Å². The maximum Gasteiger partial charge on any atom is 0.206 e. The van der Waals surface area contributed by atoms with Crippen molar-refractivity contribution < 1.29 is 5.11 Å². The van der Waals surface area contributed by atoms with Crippen LogP contribution in [0.3, 0.4) is 0 Å². The molecule has 5 rings (SSSR count). The van der Waals surface area contributed by atoms with Gasteiger partial charge in [0.15, 0.2) is 5.82 Å². The van der Waals surface area contributed by atoms with Gasteiger partial charge in [0.1, 0.15) is 11.6 Å². The first kappa shape index (κ1) is 24.8. The molecule has 0 spiro atoms. The van der Waals surface area contributed by atoms with Gasteiger partial charge in [0.25, 0.3) is 0 Å². The number of hydrogen-bond donors (Lipinski definition) is 2. The topological polar surface area (TPSA) is 108 Å². The SMILES string of the molecule is C[C@@H]1CCN(c2cc(-c3ccccc3O)nnc2N)CCN1c1ccnc(C#CCN2[C@@H](C)C[C@@H]2C)n1. The van der Waals surface area contributed by atoms with Crippen molar-refractivity contribution in [2.75, 3.05) is 41.7 Å². The number of aromatic nitrogens is 4. The van der Waals surface area contributed by atoms with Crippen molar-refractivity contribution in [2.45, 2.75) is 51.7 Å². The Hall–Kier alpha value is -3.90. The van der Waals surface area contributed by atoms with Crippen molar-refractivity contribution >= 4 is 17.3 Å². The van der Waals surface area contributed by atoms with Crippen molar-refractivity contribution in [1.82, 2.24) is 25.1 Å². The Morgan fingerprint density at radius 2 is 1.84 bits per heavy atom. The van der Waals surface area contributed by atoms with Crippen LogP contribution < -0.4 is 15.5 Å². The number of phenolic OH excluding ortho intramolecular Hbond substituents is 1. The third-order valence-corrected chi connectivity index (χ3v) is 7.49. The molecule has 37 heavy (non-hydrogen) atoms. The molecule has 9 heteroatoms. The molecule has 2 saturated heterocycles. The molecule has 1 aromatic carbocycles. The standard InChI is InChI=1S/C28H34N8O/c1-19-11-14-34(24-18-23(32-33-28(24)29)22-7-4-5-8-25(22)37)15-16-36(19)27-10-12-30-26(31-27)9-6-13-35-20(2)17-21(35)3/h4-5,7-8,10,12,18-21,37H,11,13-17H2,1-3H3,(H2,29,33)/t19-,20+,21+/m1/s1. The minimum Gasteiger partial charge on any atom is -0.507 e. The molecule has 3 atom stereocenters. The smallest absolute Gasteiger partial charge is 0.206 e. The van der Waals surface area contributed by atoms with Crippen molar-refractivity contribution in [3.05, 3.63) is 48.4 Å². The molecule has 0 unspecified atom stereocenters. The van der Waals surface area contributed by atoms with Crippen LogP contribution in [0.25, 0.3) is 11.3 Å². The van der Waals surface area contributed by atoms with E-state index in [2.05, 4.69) is 62.5 Å². The lowest BCUT2D eigenvalue weighted by Crippen LogP contribution is -2.52. The van der Waals surface area contributed by atoms with Crippen molar-refractivity contribution in [1.29, 1.82) is 0 Å². The highest BCUT2D eigenvalue weighted by Gasteiger charge is 2.30. The second kappa shape index (κ2) is 10.6. The predicted octanol–water partition coefficient (Wildman–Crippen LogP) is 3.16. The summed E-state index contributed by atoms with van der Waals surface area (Å²) in [5.41, 5.74) is 8.31. The lowest BCUT2D eigenvalue weighted by molar-refractivity contribution is 0.0540. The zero-order valence-electron chi connectivity index (χ0n) is 21.7. The summed E-state index contributed by atoms with van der Waals surface area (Å²) in [6.07, 6.45) is 3.94. The van der Waals surface area contributed by atoms with Crippen LogP contribution in [0.5, 0.6) is 5.75 Å². The molecule has 3 aromatic rings. The molecule has 0 radical (unpaired) electrons. The number of hydrogen-bond acceptors (Lipinski definition) is 9. The molecule has 192 valence electrons. The van der Waals surface area contributed by atoms with E-state index in [1.54, 1.807) is 18.3 Å². The number of anilines is 3. The largest absolute Gasteiger partial charge is 0.507 e. The second-order valence-corrected chi connectivity index (χ2v) is 9.98. The van der Waals surface area contributed by atoms with Crippen LogP contribution in [0, 0.1) is 11.8 Å². The van der Waals surface area contributed by atoms with E-state index in [1.165, 1.54) is 6.42 Å². The Bertz CT molecular complexity index is 1310. The minimum atomic E-state index is 0.166. The zero-order valence-corrected chi connectivity index (χ0v) is 21.7. The summed E-state index contributed by atoms with van der Waals surface area (Å²) in [4.78, 5) is 16.1. The Kier molecular flexibility index (Phi) is 7.10. The number of nitrogens with zero attached hydrogens (tertiary/aromatic N) is 7. The number of benzene rings is 1. The van der Waals surface area contributed by atoms with Crippen LogP contribution in [0.2, 0.25) is 0 Å². The summed E-state index contributed by atoms with van der Waals surface area (Å²) in [5, 5.41) is 18.7. The van der Waals surface area contributed by atoms with Crippen LogP contribution in [0.15, 0.2) is 42.6 Å². The minimum absolute atomic E-state index is 0.166. The normalized spacial score (nSPS) is 22.1. The van der Waals surface area contributed by atoms with E-state index in [4.69, 9.17) is 10.7 Å². The number of phenols is 1. The highest BCUT2D eigenvalue weighted by Crippen LogP contribution is 2.32. The average Bonchev–Trinajstić information content (AvgIpc) is 3.09. The number of nitrogens with two attached hydrogens (primary N) is 1. The second-order valence-electron chi connectivity index (χ2n) is 9.98. The van der Waals surface area contributed by atoms with Crippen molar-refractivity contribution in [3.8, 4) is 28.8 Å². The fourth-order valence-electron chi connectivity index (χ4n) is 5.26. The Morgan fingerprint density at radius 1 is 1.03 bits per heavy atom. The van der Waals surface area contributed by atoms with Gasteiger partial charge in [-0.1, -0.05) is 18.1 Å². The van der Waals surface area contributed by atoms with Crippen LogP contribution in [-0.2, 0) is 0 Å². The molecule has 3 N–H and O–H groups in total. The number of para-hydroxylation sites is 1. The lowest BCUT2D eigenvalue weighted by atomic mass is 9.96. The third kappa shape index (κ3) is 5.30. The first-order chi connectivity index (χ1) is 17.9. The van der Waals surface area contributed by atoms with Gasteiger partial charge in [0.2, 0.25) is 5.82 Å². The quantitative estimate of drug-likeness (QED) is 0.525. The highest BCUT2D eigenvalue weighted by atomic mass is 16.3. The first-order valence-corrected chi connectivity index (χ1v) is 12.9. The highest BCUT2D eigenvalue weighted by molar-refractivity contribution is 5.74. The van der Waals surface area contributed by atoms with Crippen molar-refractivity contribution in [2.24, 2.45) is 0 Å². The van der Waals surface area contributed by atoms with Gasteiger partial charge in [0.05, 0.1) is 17.9 Å². The molecule has 2 aromatic heterocycles. The maximum absolute atomic E-state index is 10.3. The van der Waals surface area contributed by atoms with Gasteiger partial charge in [0, 0.05) is 49.5 Å². The molecule has 0 amide bonds. The van der Waals surface area contributed by atoms with E-state index in [9.17, 15) is 5.11 Å². The Labute approximate surface area is 218 Å². The predicted molar refractivity (Wildman–Crippen MR) is 146 cm³/mol. The third-order valence-electron chi connectivity index (χ3n) is 7.49. The van der Waals surface area contributed by atoms with Gasteiger partial charge < -0.3 is 20.6 Å². The summed E-state index contributed by atoms with van der Waals surface area (Å²) < 4.78 is 0. The zero-order chi connectivity index (χ0) is 25.9. The van der Waals surface area contributed by atoms with Crippen LogP contribution >= 0.6 is 0 Å². The molecular weight excluding hydrogens is 464 g/mol. The average molecular weight is 499 g/mol. The number of aromatic hydroxyl groups is 1. The summed E-state index contributed by atoms with van der Waals surface area (Å²) in [5.74, 6) is 8.40. The Morgan fingerprint density at radius 3 is 2.62 bits per heavy atom. The molecule has 2 aliphatic rings. The fraction of sp³-hybridized carbons (Fsp3) is 0.429. The Balaban J connectivity index is 1.31. The van der Waals surface area contributed by atoms with Gasteiger partial charge in [-0.05, 0) is 63.8 Å². The lowest BCUT2D eigenvalue weighted by Gasteiger charge is -2.44. The van der Waals surface area contributed by atoms with E-state index in [0.29, 0.717) is 35.0 Å². The van der Waals surface area contributed by atoms with Gasteiger partial charge in [-0.3, -0.25) is 4.90 Å². The van der Waals surface area contributed by atoms with Gasteiger partial charge in [-0.15, -0.1) is 10.2 Å². The molecule has 4 heterocycles. The van der Waals surface area contributed by atoms with E-state index in [0.717, 1.165) is 44.1 Å². The van der Waals surface area contributed by atoms with Crippen molar-refractivity contribution in [3.63, 3.8) is 0 Å². The van der Waals surface area contributed by atoms with Crippen LogP contribution in [0.1, 0.15) is 39.4 Å². The van der Waals surface area contributed by atoms with E-state index >= 15 is 0 Å². The fourth-order valence-corrected chi connectivity index (χ4v) is 5.26. The van der Waals surface area contributed by atoms with E-state index in [1.807, 2.05) is 24.3 Å². The molecule has 2 fully saturated rings. The summed E-state index contributed by atoms with van der Waals surface area (Å²) >= 11 is 0. The maximum atomic E-state index is 10.3. The molecule has 0 saturated carbocycles. The number of likely N-dealkylation sites (tertiary alicyclic amines) is 1. The molecule has 9 nitrogen and oxygen atoms in total. The molecule has 0 aliphatic carbocycles. The van der Waals surface area contributed by atoms with Gasteiger partial charge in [-0.25, -0.2) is 9.97 Å². The number of rotatable bonds is 4. The molecular formula is C28H34N8O. The first-order valence-electron chi connectivity index (χ1n) is 12.9. The van der Waals surface area contributed by atoms with E-state index < -0.39 is 0 Å². The molecule has 0 bridgehead atoms. The summed E-state index contributed by atoms with van der Waals surface area (Å²) in [7, 11) is 0. The monoisotopic (exact) mass is 498 g/mol. The van der Waals surface area contributed by atoms with Gasteiger partial charge >= 0.3 is 0 Å². The van der Waals surface area contributed by atoms with Crippen LogP contribution in [-0.4, -0.2) is 74.5 Å². The van der Waals surface area contributed by atoms with Crippen LogP contribution in [0.4, 0.5) is 17.3 Å². The molecule has 2 aliphatic heterocycles. The number of nitrogen functional groups attached to an aromatic ring is 1. The summed E-state index contributed by atoms with van der Waals surface area (Å²) in [6, 6.07) is 12.4. The van der Waals surface area contributed by atoms with E-state index in [-0.39, 0.29) is 11.8 Å². The summed E-state index contributed by atoms with van der Waals surface area (Å²) in [6.45, 7) is 9.77.